The van der Waals surface area contributed by atoms with E-state index in [-0.39, 0.29) is 18.6 Å². The number of hydrogen-bond acceptors (Lipinski definition) is 6. The second kappa shape index (κ2) is 23.5. The molecule has 0 aromatic rings. The number of unbranched alkanes of at least 4 members (excludes halogenated alkanes) is 15. The van der Waals surface area contributed by atoms with E-state index in [4.69, 9.17) is 18.5 Å². The van der Waals surface area contributed by atoms with Gasteiger partial charge in [0.1, 0.15) is 0 Å². The highest BCUT2D eigenvalue weighted by Gasteiger charge is 2.27. The fourth-order valence-electron chi connectivity index (χ4n) is 5.39. The monoisotopic (exact) mass is 577 g/mol. The molecule has 0 saturated carbocycles. The maximum atomic E-state index is 12.4. The van der Waals surface area contributed by atoms with E-state index in [0.29, 0.717) is 19.8 Å². The summed E-state index contributed by atoms with van der Waals surface area (Å²) in [5, 5.41) is 0. The summed E-state index contributed by atoms with van der Waals surface area (Å²) in [7, 11) is 1.61. The van der Waals surface area contributed by atoms with E-state index in [1.807, 2.05) is 0 Å². The predicted molar refractivity (Wildman–Crippen MR) is 160 cm³/mol. The van der Waals surface area contributed by atoms with Crippen LogP contribution in [-0.2, 0) is 23.1 Å². The summed E-state index contributed by atoms with van der Waals surface area (Å²) < 4.78 is 35.0. The van der Waals surface area contributed by atoms with Crippen LogP contribution in [0.5, 0.6) is 0 Å². The Bertz CT molecular complexity index is 606. The Morgan fingerprint density at radius 3 is 1.85 bits per heavy atom. The molecule has 0 aliphatic carbocycles. The van der Waals surface area contributed by atoms with Crippen molar-refractivity contribution in [2.75, 3.05) is 60.7 Å². The van der Waals surface area contributed by atoms with Crippen molar-refractivity contribution >= 4 is 7.82 Å². The molecule has 0 amide bonds. The van der Waals surface area contributed by atoms with E-state index >= 15 is 0 Å². The third kappa shape index (κ3) is 22.3. The van der Waals surface area contributed by atoms with Gasteiger partial charge in [-0.05, 0) is 19.3 Å². The Labute approximate surface area is 241 Å². The minimum absolute atomic E-state index is 0.0296. The molecule has 39 heavy (non-hydrogen) atoms. The van der Waals surface area contributed by atoms with E-state index in [9.17, 15) is 9.46 Å². The first-order valence-electron chi connectivity index (χ1n) is 16.3. The third-order valence-corrected chi connectivity index (χ3v) is 9.01. The average Bonchev–Trinajstić information content (AvgIpc) is 3.06. The minimum atomic E-state index is -4.35. The van der Waals surface area contributed by atoms with Gasteiger partial charge in [-0.15, -0.1) is 0 Å². The van der Waals surface area contributed by atoms with Gasteiger partial charge in [-0.25, -0.2) is 0 Å². The van der Waals surface area contributed by atoms with Gasteiger partial charge >= 0.3 is 0 Å². The van der Waals surface area contributed by atoms with Crippen molar-refractivity contribution in [1.29, 1.82) is 0 Å². The topological polar surface area (TPSA) is 77.1 Å². The molecule has 0 spiro atoms. The molecule has 3 unspecified atom stereocenters. The number of rotatable bonds is 26. The van der Waals surface area contributed by atoms with Crippen LogP contribution in [0.1, 0.15) is 129 Å². The highest BCUT2D eigenvalue weighted by atomic mass is 31.2. The van der Waals surface area contributed by atoms with Crippen LogP contribution in [0.25, 0.3) is 0 Å². The second-order valence-electron chi connectivity index (χ2n) is 12.5. The van der Waals surface area contributed by atoms with Crippen LogP contribution in [0.2, 0.25) is 0 Å². The van der Waals surface area contributed by atoms with Crippen molar-refractivity contribution < 1.29 is 32.5 Å². The van der Waals surface area contributed by atoms with Crippen LogP contribution < -0.4 is 4.89 Å². The molecule has 1 aliphatic heterocycles. The van der Waals surface area contributed by atoms with Gasteiger partial charge in [0.05, 0.1) is 53.1 Å². The minimum Gasteiger partial charge on any atom is -0.756 e. The summed E-state index contributed by atoms with van der Waals surface area (Å²) in [5.74, 6) is -0.133. The highest BCUT2D eigenvalue weighted by Crippen LogP contribution is 2.42. The molecule has 1 fully saturated rings. The first-order valence-corrected chi connectivity index (χ1v) is 17.8. The van der Waals surface area contributed by atoms with Crippen molar-refractivity contribution in [2.24, 2.45) is 5.92 Å². The summed E-state index contributed by atoms with van der Waals surface area (Å²) >= 11 is 0. The molecular weight excluding hydrogens is 513 g/mol. The maximum Gasteiger partial charge on any atom is 0.268 e. The lowest BCUT2D eigenvalue weighted by molar-refractivity contribution is -0.889. The molecule has 0 aromatic carbocycles. The first kappa shape index (κ1) is 37.0. The fraction of sp³-hybridized carbons (Fsp3) is 1.00. The van der Waals surface area contributed by atoms with Crippen molar-refractivity contribution in [3.8, 4) is 0 Å². The lowest BCUT2D eigenvalue weighted by Gasteiger charge is -2.30. The zero-order valence-corrected chi connectivity index (χ0v) is 27.1. The standard InChI is InChI=1S/C31H64NO6P/c1-5-6-7-8-9-10-11-12-13-14-15-16-17-18-19-20-26-36-28-30(27-35-4)29-37-39(33,34)38-31-22-21-24-32(2,3)25-23-31/h30-31H,5-29H2,1-4H3. The molecule has 0 N–H and O–H groups in total. The molecule has 234 valence electrons. The molecule has 1 heterocycles. The van der Waals surface area contributed by atoms with E-state index in [1.54, 1.807) is 7.11 Å². The quantitative estimate of drug-likeness (QED) is 0.0597. The van der Waals surface area contributed by atoms with E-state index in [2.05, 4.69) is 21.0 Å². The van der Waals surface area contributed by atoms with Gasteiger partial charge in [-0.2, -0.15) is 0 Å². The van der Waals surface area contributed by atoms with Crippen LogP contribution in [0.4, 0.5) is 0 Å². The molecule has 0 radical (unpaired) electrons. The van der Waals surface area contributed by atoms with Crippen LogP contribution >= 0.6 is 7.82 Å². The highest BCUT2D eigenvalue weighted by molar-refractivity contribution is 7.45. The number of hydrogen-bond donors (Lipinski definition) is 0. The molecule has 3 atom stereocenters. The normalized spacial score (nSPS) is 20.0. The van der Waals surface area contributed by atoms with Crippen LogP contribution in [-0.4, -0.2) is 71.3 Å². The van der Waals surface area contributed by atoms with E-state index < -0.39 is 7.82 Å². The maximum absolute atomic E-state index is 12.4. The Hall–Kier alpha value is -0.0100. The van der Waals surface area contributed by atoms with Crippen molar-refractivity contribution in [3.63, 3.8) is 0 Å². The number of phosphoric ester groups is 1. The van der Waals surface area contributed by atoms with Gasteiger partial charge in [-0.3, -0.25) is 4.57 Å². The predicted octanol–water partition coefficient (Wildman–Crippen LogP) is 7.66. The molecule has 1 aliphatic rings. The van der Waals surface area contributed by atoms with Gasteiger partial charge in [-0.1, -0.05) is 103 Å². The summed E-state index contributed by atoms with van der Waals surface area (Å²) in [6.07, 6.45) is 23.8. The fourth-order valence-corrected chi connectivity index (χ4v) is 6.42. The Balaban J connectivity index is 2.00. The number of phosphoric acid groups is 1. The van der Waals surface area contributed by atoms with Gasteiger partial charge < -0.3 is 27.9 Å². The first-order chi connectivity index (χ1) is 18.8. The number of methoxy groups -OCH3 is 1. The molecule has 1 saturated heterocycles. The summed E-state index contributed by atoms with van der Waals surface area (Å²) in [6.45, 7) is 5.78. The molecule has 1 rings (SSSR count). The summed E-state index contributed by atoms with van der Waals surface area (Å²) in [5.41, 5.74) is 0. The Morgan fingerprint density at radius 2 is 1.31 bits per heavy atom. The van der Waals surface area contributed by atoms with E-state index in [0.717, 1.165) is 43.3 Å². The molecule has 0 aromatic heterocycles. The lowest BCUT2D eigenvalue weighted by Crippen LogP contribution is -2.40. The smallest absolute Gasteiger partial charge is 0.268 e. The number of nitrogens with zero attached hydrogens (tertiary/aromatic N) is 1. The van der Waals surface area contributed by atoms with Crippen molar-refractivity contribution in [1.82, 2.24) is 0 Å². The second-order valence-corrected chi connectivity index (χ2v) is 13.8. The van der Waals surface area contributed by atoms with Gasteiger partial charge in [0, 0.05) is 26.1 Å². The molecule has 7 nitrogen and oxygen atoms in total. The number of ether oxygens (including phenoxy) is 2. The zero-order valence-electron chi connectivity index (χ0n) is 26.2. The SMILES string of the molecule is CCCCCCCCCCCCCCCCCCOCC(COC)COP(=O)([O-])OC1CCC[N+](C)(C)CC1. The Morgan fingerprint density at radius 1 is 0.769 bits per heavy atom. The van der Waals surface area contributed by atoms with Crippen molar-refractivity contribution in [2.45, 2.75) is 135 Å². The van der Waals surface area contributed by atoms with Crippen LogP contribution in [0.3, 0.4) is 0 Å². The van der Waals surface area contributed by atoms with Gasteiger partial charge in [0.25, 0.3) is 7.82 Å². The molecule has 0 bridgehead atoms. The van der Waals surface area contributed by atoms with Crippen LogP contribution in [0.15, 0.2) is 0 Å². The van der Waals surface area contributed by atoms with Crippen LogP contribution in [0, 0.1) is 5.92 Å². The third-order valence-electron chi connectivity index (χ3n) is 7.99. The largest absolute Gasteiger partial charge is 0.756 e. The average molecular weight is 578 g/mol. The van der Waals surface area contributed by atoms with Crippen molar-refractivity contribution in [3.05, 3.63) is 0 Å². The van der Waals surface area contributed by atoms with Gasteiger partial charge in [0.2, 0.25) is 0 Å². The molecular formula is C31H64NO6P. The Kier molecular flexibility index (Phi) is 22.3. The number of likely N-dealkylation sites (tertiary alicyclic amines) is 1. The zero-order chi connectivity index (χ0) is 28.7. The van der Waals surface area contributed by atoms with E-state index in [1.165, 1.54) is 96.3 Å². The van der Waals surface area contributed by atoms with Gasteiger partial charge in [0.15, 0.2) is 0 Å². The summed E-state index contributed by atoms with van der Waals surface area (Å²) in [4.78, 5) is 12.4. The molecule has 8 heteroatoms. The summed E-state index contributed by atoms with van der Waals surface area (Å²) in [6, 6.07) is 0. The lowest BCUT2D eigenvalue weighted by atomic mass is 10.0. The number of quaternary nitrogens is 1.